The van der Waals surface area contributed by atoms with Gasteiger partial charge in [0.05, 0.1) is 6.42 Å². The van der Waals surface area contributed by atoms with Gasteiger partial charge in [-0.15, -0.1) is 0 Å². The van der Waals surface area contributed by atoms with Gasteiger partial charge in [0.2, 0.25) is 5.91 Å². The third kappa shape index (κ3) is 4.82. The number of hydrogen-bond donors (Lipinski definition) is 5. The Balaban J connectivity index is 2.50. The van der Waals surface area contributed by atoms with Crippen LogP contribution < -0.4 is 16.0 Å². The predicted molar refractivity (Wildman–Crippen MR) is 61.4 cm³/mol. The fraction of sp³-hybridized carbons (Fsp3) is 0.600. The number of carbonyl (C=O) groups excluding carboxylic acids is 2. The Morgan fingerprint density at radius 1 is 1.37 bits per heavy atom. The molecule has 0 aromatic heterocycles. The van der Waals surface area contributed by atoms with Gasteiger partial charge in [0.1, 0.15) is 12.1 Å². The first-order valence-corrected chi connectivity index (χ1v) is 5.69. The number of hydrogen-bond acceptors (Lipinski definition) is 4. The Labute approximate surface area is 108 Å². The topological polar surface area (TPSA) is 145 Å². The van der Waals surface area contributed by atoms with Gasteiger partial charge in [0.25, 0.3) is 0 Å². The molecule has 2 unspecified atom stereocenters. The summed E-state index contributed by atoms with van der Waals surface area (Å²) in [4.78, 5) is 44.0. The summed E-state index contributed by atoms with van der Waals surface area (Å²) in [6, 6.07) is -3.15. The van der Waals surface area contributed by atoms with Crippen molar-refractivity contribution in [2.75, 3.05) is 6.54 Å². The number of carbonyl (C=O) groups is 4. The molecule has 106 valence electrons. The second kappa shape index (κ2) is 6.57. The maximum absolute atomic E-state index is 11.5. The monoisotopic (exact) mass is 273 g/mol. The average Bonchev–Trinajstić information content (AvgIpc) is 2.30. The van der Waals surface area contributed by atoms with Gasteiger partial charge >= 0.3 is 18.0 Å². The summed E-state index contributed by atoms with van der Waals surface area (Å²) in [5, 5.41) is 24.1. The van der Waals surface area contributed by atoms with Crippen LogP contribution in [0, 0.1) is 0 Å². The molecular weight excluding hydrogens is 258 g/mol. The molecule has 3 amide bonds. The van der Waals surface area contributed by atoms with Crippen molar-refractivity contribution in [1.82, 2.24) is 16.0 Å². The summed E-state index contributed by atoms with van der Waals surface area (Å²) in [6.07, 6.45) is 0.420. The van der Waals surface area contributed by atoms with Crippen LogP contribution >= 0.6 is 0 Å². The zero-order valence-electron chi connectivity index (χ0n) is 10.0. The third-order valence-electron chi connectivity index (χ3n) is 2.57. The summed E-state index contributed by atoms with van der Waals surface area (Å²) >= 11 is 0. The number of piperidine rings is 1. The molecule has 1 heterocycles. The number of rotatable bonds is 5. The molecule has 9 heteroatoms. The lowest BCUT2D eigenvalue weighted by Gasteiger charge is -2.23. The van der Waals surface area contributed by atoms with Crippen LogP contribution in [-0.2, 0) is 14.4 Å². The van der Waals surface area contributed by atoms with E-state index in [0.717, 1.165) is 0 Å². The van der Waals surface area contributed by atoms with Gasteiger partial charge in [-0.05, 0) is 12.8 Å². The molecule has 1 fully saturated rings. The van der Waals surface area contributed by atoms with Crippen molar-refractivity contribution in [1.29, 1.82) is 0 Å². The lowest BCUT2D eigenvalue weighted by atomic mass is 10.1. The highest BCUT2D eigenvalue weighted by Gasteiger charge is 2.27. The predicted octanol–water partition coefficient (Wildman–Crippen LogP) is -1.51. The molecule has 9 nitrogen and oxygen atoms in total. The van der Waals surface area contributed by atoms with Crippen LogP contribution in [0.2, 0.25) is 0 Å². The van der Waals surface area contributed by atoms with Crippen molar-refractivity contribution in [2.45, 2.75) is 31.3 Å². The normalized spacial score (nSPS) is 20.0. The number of carboxylic acids is 2. The molecule has 0 radical (unpaired) electrons. The fourth-order valence-electron chi connectivity index (χ4n) is 1.64. The van der Waals surface area contributed by atoms with E-state index in [-0.39, 0.29) is 5.91 Å². The number of carboxylic acid groups (broad SMARTS) is 2. The first-order valence-electron chi connectivity index (χ1n) is 5.69. The van der Waals surface area contributed by atoms with E-state index in [1.54, 1.807) is 0 Å². The Hall–Kier alpha value is -2.32. The molecule has 0 aromatic rings. The van der Waals surface area contributed by atoms with Gasteiger partial charge in [-0.3, -0.25) is 9.59 Å². The number of amides is 3. The summed E-state index contributed by atoms with van der Waals surface area (Å²) in [6.45, 7) is 0.537. The second-order valence-corrected chi connectivity index (χ2v) is 4.09. The molecule has 1 aliphatic heterocycles. The average molecular weight is 273 g/mol. The molecular formula is C10H15N3O6. The molecule has 0 spiro atoms. The highest BCUT2D eigenvalue weighted by molar-refractivity contribution is 5.90. The van der Waals surface area contributed by atoms with E-state index >= 15 is 0 Å². The molecule has 0 aliphatic carbocycles. The van der Waals surface area contributed by atoms with Crippen LogP contribution in [0.5, 0.6) is 0 Å². The largest absolute Gasteiger partial charge is 0.481 e. The van der Waals surface area contributed by atoms with Crippen molar-refractivity contribution in [3.63, 3.8) is 0 Å². The molecule has 1 aliphatic rings. The van der Waals surface area contributed by atoms with Gasteiger partial charge in [-0.2, -0.15) is 0 Å². The minimum absolute atomic E-state index is 0.341. The highest BCUT2D eigenvalue weighted by atomic mass is 16.4. The summed E-state index contributed by atoms with van der Waals surface area (Å²) in [5.41, 5.74) is 0. The van der Waals surface area contributed by atoms with Crippen molar-refractivity contribution < 1.29 is 29.4 Å². The zero-order chi connectivity index (χ0) is 14.4. The Bertz CT molecular complexity index is 397. The molecule has 1 saturated heterocycles. The van der Waals surface area contributed by atoms with E-state index in [1.165, 1.54) is 0 Å². The smallest absolute Gasteiger partial charge is 0.326 e. The molecule has 0 saturated carbocycles. The summed E-state index contributed by atoms with van der Waals surface area (Å²) in [7, 11) is 0. The number of nitrogens with one attached hydrogen (secondary N) is 3. The minimum Gasteiger partial charge on any atom is -0.481 e. The second-order valence-electron chi connectivity index (χ2n) is 4.09. The van der Waals surface area contributed by atoms with E-state index in [2.05, 4.69) is 10.6 Å². The van der Waals surface area contributed by atoms with Gasteiger partial charge in [-0.1, -0.05) is 0 Å². The van der Waals surface area contributed by atoms with Crippen molar-refractivity contribution >= 4 is 23.9 Å². The Morgan fingerprint density at radius 3 is 2.58 bits per heavy atom. The lowest BCUT2D eigenvalue weighted by molar-refractivity contribution is -0.145. The van der Waals surface area contributed by atoms with Crippen molar-refractivity contribution in [3.05, 3.63) is 0 Å². The van der Waals surface area contributed by atoms with Gasteiger partial charge in [0, 0.05) is 6.54 Å². The Kier molecular flexibility index (Phi) is 5.10. The van der Waals surface area contributed by atoms with Crippen LogP contribution in [-0.4, -0.2) is 52.7 Å². The Morgan fingerprint density at radius 2 is 2.05 bits per heavy atom. The van der Waals surface area contributed by atoms with Crippen LogP contribution in [0.15, 0.2) is 0 Å². The first kappa shape index (κ1) is 14.7. The van der Waals surface area contributed by atoms with Crippen LogP contribution in [0.3, 0.4) is 0 Å². The van der Waals surface area contributed by atoms with Crippen LogP contribution in [0.25, 0.3) is 0 Å². The molecule has 19 heavy (non-hydrogen) atoms. The van der Waals surface area contributed by atoms with Crippen molar-refractivity contribution in [2.24, 2.45) is 0 Å². The van der Waals surface area contributed by atoms with E-state index in [4.69, 9.17) is 10.2 Å². The summed E-state index contributed by atoms with van der Waals surface area (Å²) < 4.78 is 0. The quantitative estimate of drug-likeness (QED) is 0.412. The molecule has 0 aromatic carbocycles. The maximum Gasteiger partial charge on any atom is 0.326 e. The third-order valence-corrected chi connectivity index (χ3v) is 2.57. The number of aliphatic carboxylic acids is 2. The van der Waals surface area contributed by atoms with Crippen molar-refractivity contribution in [3.8, 4) is 0 Å². The van der Waals surface area contributed by atoms with Gasteiger partial charge in [-0.25, -0.2) is 9.59 Å². The van der Waals surface area contributed by atoms with Gasteiger partial charge in [0.15, 0.2) is 0 Å². The van der Waals surface area contributed by atoms with Crippen LogP contribution in [0.4, 0.5) is 4.79 Å². The standard InChI is InChI=1S/C10H15N3O6/c14-7(15)4-6(9(17)18)13-10(19)12-5-2-1-3-11-8(5)16/h5-6H,1-4H2,(H,11,16)(H,14,15)(H,17,18)(H2,12,13,19). The number of urea groups is 1. The minimum atomic E-state index is -1.54. The van der Waals surface area contributed by atoms with Crippen LogP contribution in [0.1, 0.15) is 19.3 Å². The maximum atomic E-state index is 11.5. The molecule has 0 bridgehead atoms. The van der Waals surface area contributed by atoms with E-state index in [0.29, 0.717) is 19.4 Å². The SMILES string of the molecule is O=C(O)CC(NC(=O)NC1CCCNC1=O)C(=O)O. The molecule has 1 rings (SSSR count). The molecule has 5 N–H and O–H groups in total. The zero-order valence-corrected chi connectivity index (χ0v) is 10.0. The molecule has 2 atom stereocenters. The lowest BCUT2D eigenvalue weighted by Crippen LogP contribution is -2.55. The summed E-state index contributed by atoms with van der Waals surface area (Å²) in [5.74, 6) is -3.14. The first-order chi connectivity index (χ1) is 8.90. The fourth-order valence-corrected chi connectivity index (χ4v) is 1.64. The van der Waals surface area contributed by atoms with E-state index in [1.807, 2.05) is 5.32 Å². The van der Waals surface area contributed by atoms with E-state index in [9.17, 15) is 19.2 Å². The van der Waals surface area contributed by atoms with E-state index < -0.39 is 36.5 Å². The van der Waals surface area contributed by atoms with Gasteiger partial charge < -0.3 is 26.2 Å². The highest BCUT2D eigenvalue weighted by Crippen LogP contribution is 2.02.